The minimum Gasteiger partial charge on any atom is -0.456 e. The van der Waals surface area contributed by atoms with Crippen LogP contribution in [0.4, 0.5) is 17.6 Å². The zero-order chi connectivity index (χ0) is 21.5. The van der Waals surface area contributed by atoms with Crippen molar-refractivity contribution in [3.8, 4) is 0 Å². The number of esters is 1. The van der Waals surface area contributed by atoms with E-state index in [1.165, 1.54) is 11.3 Å². The highest BCUT2D eigenvalue weighted by molar-refractivity contribution is 7.12. The fraction of sp³-hybridized carbons (Fsp3) is 0.250. The Bertz CT molecular complexity index is 995. The van der Waals surface area contributed by atoms with E-state index in [9.17, 15) is 9.59 Å². The van der Waals surface area contributed by atoms with Crippen LogP contribution < -0.4 is 16.4 Å². The fourth-order valence-corrected chi connectivity index (χ4v) is 3.18. The first-order valence-electron chi connectivity index (χ1n) is 9.26. The Labute approximate surface area is 177 Å². The molecule has 3 rings (SSSR count). The molecule has 4 N–H and O–H groups in total. The van der Waals surface area contributed by atoms with E-state index in [2.05, 4.69) is 25.6 Å². The molecule has 0 fully saturated rings. The Morgan fingerprint density at radius 3 is 2.53 bits per heavy atom. The van der Waals surface area contributed by atoms with Gasteiger partial charge in [-0.3, -0.25) is 4.79 Å². The number of hydrogen-bond donors (Lipinski definition) is 3. The molecular weight excluding hydrogens is 404 g/mol. The van der Waals surface area contributed by atoms with Crippen molar-refractivity contribution in [1.82, 2.24) is 20.3 Å². The molecule has 1 atom stereocenters. The van der Waals surface area contributed by atoms with Gasteiger partial charge in [-0.2, -0.15) is 15.0 Å². The summed E-state index contributed by atoms with van der Waals surface area (Å²) in [6.45, 7) is 3.44. The number of nitrogens with two attached hydrogens (primary N) is 1. The molecule has 3 aromatic rings. The Hall–Kier alpha value is -3.53. The topological polar surface area (TPSA) is 132 Å². The van der Waals surface area contributed by atoms with E-state index in [0.29, 0.717) is 4.88 Å². The number of carbonyl (C=O) groups is 2. The molecule has 1 amide bonds. The molecule has 156 valence electrons. The minimum atomic E-state index is -0.805. The number of anilines is 3. The molecule has 10 heteroatoms. The van der Waals surface area contributed by atoms with Crippen LogP contribution in [0.15, 0.2) is 47.8 Å². The van der Waals surface area contributed by atoms with Crippen LogP contribution in [0, 0.1) is 5.92 Å². The highest BCUT2D eigenvalue weighted by Gasteiger charge is 2.26. The third kappa shape index (κ3) is 5.74. The molecule has 1 aromatic carbocycles. The van der Waals surface area contributed by atoms with Crippen LogP contribution in [0.2, 0.25) is 0 Å². The summed E-state index contributed by atoms with van der Waals surface area (Å²) in [5.74, 6) is -0.626. The van der Waals surface area contributed by atoms with Crippen LogP contribution in [0.1, 0.15) is 29.3 Å². The van der Waals surface area contributed by atoms with Crippen molar-refractivity contribution in [2.45, 2.75) is 26.5 Å². The molecular formula is C20H22N6O3S. The van der Waals surface area contributed by atoms with Crippen LogP contribution in [0.3, 0.4) is 0 Å². The van der Waals surface area contributed by atoms with Crippen LogP contribution >= 0.6 is 11.3 Å². The summed E-state index contributed by atoms with van der Waals surface area (Å²) in [7, 11) is 0. The lowest BCUT2D eigenvalue weighted by Crippen LogP contribution is -2.45. The maximum atomic E-state index is 12.6. The summed E-state index contributed by atoms with van der Waals surface area (Å²) >= 11 is 1.30. The number of nitrogen functional groups attached to an aromatic ring is 1. The SMILES string of the molecule is CC(C)[C@@H](NC(=O)c1cccs1)C(=O)OCc1nc(N)nc(Nc2ccccc2)n1. The molecule has 0 spiro atoms. The molecule has 0 bridgehead atoms. The number of carbonyl (C=O) groups excluding carboxylic acids is 2. The lowest BCUT2D eigenvalue weighted by molar-refractivity contribution is -0.148. The molecule has 30 heavy (non-hydrogen) atoms. The quantitative estimate of drug-likeness (QED) is 0.469. The Balaban J connectivity index is 1.64. The summed E-state index contributed by atoms with van der Waals surface area (Å²) in [5, 5.41) is 7.53. The predicted octanol–water partition coefficient (Wildman–Crippen LogP) is 2.76. The lowest BCUT2D eigenvalue weighted by atomic mass is 10.0. The first-order valence-corrected chi connectivity index (χ1v) is 10.1. The van der Waals surface area contributed by atoms with Crippen LogP contribution in [0.5, 0.6) is 0 Å². The highest BCUT2D eigenvalue weighted by atomic mass is 32.1. The highest BCUT2D eigenvalue weighted by Crippen LogP contribution is 2.14. The predicted molar refractivity (Wildman–Crippen MR) is 114 cm³/mol. The van der Waals surface area contributed by atoms with Crippen molar-refractivity contribution < 1.29 is 14.3 Å². The van der Waals surface area contributed by atoms with E-state index in [0.717, 1.165) is 5.69 Å². The maximum absolute atomic E-state index is 12.6. The molecule has 0 aliphatic heterocycles. The zero-order valence-electron chi connectivity index (χ0n) is 16.5. The van der Waals surface area contributed by atoms with Gasteiger partial charge in [0.05, 0.1) is 4.88 Å². The third-order valence-electron chi connectivity index (χ3n) is 4.02. The van der Waals surface area contributed by atoms with Crippen LogP contribution in [-0.4, -0.2) is 32.9 Å². The third-order valence-corrected chi connectivity index (χ3v) is 4.89. The number of rotatable bonds is 8. The van der Waals surface area contributed by atoms with Crippen molar-refractivity contribution in [3.05, 3.63) is 58.5 Å². The summed E-state index contributed by atoms with van der Waals surface area (Å²) in [6, 6.07) is 12.0. The Morgan fingerprint density at radius 2 is 1.87 bits per heavy atom. The van der Waals surface area contributed by atoms with E-state index in [4.69, 9.17) is 10.5 Å². The number of amides is 1. The molecule has 0 saturated carbocycles. The maximum Gasteiger partial charge on any atom is 0.329 e. The Morgan fingerprint density at radius 1 is 1.10 bits per heavy atom. The summed E-state index contributed by atoms with van der Waals surface area (Å²) < 4.78 is 5.34. The van der Waals surface area contributed by atoms with Gasteiger partial charge in [-0.05, 0) is 29.5 Å². The molecule has 2 aromatic heterocycles. The van der Waals surface area contributed by atoms with Gasteiger partial charge in [-0.1, -0.05) is 38.1 Å². The molecule has 0 unspecified atom stereocenters. The molecule has 0 saturated heterocycles. The van der Waals surface area contributed by atoms with Crippen molar-refractivity contribution >= 4 is 40.8 Å². The second-order valence-corrected chi connectivity index (χ2v) is 7.65. The monoisotopic (exact) mass is 426 g/mol. The van der Waals surface area contributed by atoms with Gasteiger partial charge in [0.25, 0.3) is 5.91 Å². The smallest absolute Gasteiger partial charge is 0.329 e. The average Bonchev–Trinajstić information content (AvgIpc) is 3.25. The van der Waals surface area contributed by atoms with Gasteiger partial charge in [0.1, 0.15) is 6.04 Å². The van der Waals surface area contributed by atoms with Gasteiger partial charge in [0, 0.05) is 5.69 Å². The number of ether oxygens (including phenoxy) is 1. The van der Waals surface area contributed by atoms with E-state index in [1.807, 2.05) is 44.2 Å². The molecule has 0 aliphatic carbocycles. The van der Waals surface area contributed by atoms with E-state index >= 15 is 0 Å². The lowest BCUT2D eigenvalue weighted by Gasteiger charge is -2.20. The number of nitrogens with zero attached hydrogens (tertiary/aromatic N) is 3. The number of aromatic nitrogens is 3. The Kier molecular flexibility index (Phi) is 6.91. The normalized spacial score (nSPS) is 11.7. The van der Waals surface area contributed by atoms with Crippen molar-refractivity contribution in [3.63, 3.8) is 0 Å². The van der Waals surface area contributed by atoms with Gasteiger partial charge in [-0.15, -0.1) is 11.3 Å². The molecule has 0 radical (unpaired) electrons. The molecule has 2 heterocycles. The number of nitrogens with one attached hydrogen (secondary N) is 2. The summed E-state index contributed by atoms with van der Waals surface area (Å²) in [5.41, 5.74) is 6.53. The van der Waals surface area contributed by atoms with Gasteiger partial charge < -0.3 is 21.1 Å². The minimum absolute atomic E-state index is 0.000822. The van der Waals surface area contributed by atoms with Gasteiger partial charge in [-0.25, -0.2) is 4.79 Å². The standard InChI is InChI=1S/C20H22N6O3S/c1-12(2)16(25-17(27)14-9-6-10-30-14)18(28)29-11-15-23-19(21)26-20(24-15)22-13-7-4-3-5-8-13/h3-10,12,16H,11H2,1-2H3,(H,25,27)(H3,21,22,23,24,26)/t16-/m1/s1. The second-order valence-electron chi connectivity index (χ2n) is 6.70. The van der Waals surface area contributed by atoms with E-state index in [-0.39, 0.29) is 36.2 Å². The largest absolute Gasteiger partial charge is 0.456 e. The number of thiophene rings is 1. The fourth-order valence-electron chi connectivity index (χ4n) is 2.55. The molecule has 0 aliphatic rings. The van der Waals surface area contributed by atoms with E-state index < -0.39 is 12.0 Å². The van der Waals surface area contributed by atoms with Crippen LogP contribution in [0.25, 0.3) is 0 Å². The number of benzene rings is 1. The first kappa shape index (κ1) is 21.2. The summed E-state index contributed by atoms with van der Waals surface area (Å²) in [6.07, 6.45) is 0. The van der Waals surface area contributed by atoms with Gasteiger partial charge >= 0.3 is 5.97 Å². The zero-order valence-corrected chi connectivity index (χ0v) is 17.3. The molecule has 9 nitrogen and oxygen atoms in total. The number of para-hydroxylation sites is 1. The number of hydrogen-bond acceptors (Lipinski definition) is 9. The van der Waals surface area contributed by atoms with Crippen molar-refractivity contribution in [2.24, 2.45) is 5.92 Å². The average molecular weight is 427 g/mol. The van der Waals surface area contributed by atoms with Crippen molar-refractivity contribution in [2.75, 3.05) is 11.1 Å². The van der Waals surface area contributed by atoms with Gasteiger partial charge in [0.15, 0.2) is 12.4 Å². The first-order chi connectivity index (χ1) is 14.4. The van der Waals surface area contributed by atoms with Gasteiger partial charge in [0.2, 0.25) is 11.9 Å². The summed E-state index contributed by atoms with van der Waals surface area (Å²) in [4.78, 5) is 37.7. The van der Waals surface area contributed by atoms with E-state index in [1.54, 1.807) is 17.5 Å². The second kappa shape index (κ2) is 9.79. The van der Waals surface area contributed by atoms with Crippen molar-refractivity contribution in [1.29, 1.82) is 0 Å². The van der Waals surface area contributed by atoms with Crippen LogP contribution in [-0.2, 0) is 16.1 Å².